The standard InChI is InChI=1S/C15H24N2O2S/c1-11(2)19-15(18)17-7-4-14(5-8-17)16-12(3)13-6-9-20-10-13/h6,9-12,14,16H,4-5,7-8H2,1-3H3/t12-/m0/s1. The maximum absolute atomic E-state index is 11.8. The second-order valence-corrected chi connectivity index (χ2v) is 6.42. The van der Waals surface area contributed by atoms with Gasteiger partial charge in [0.15, 0.2) is 0 Å². The number of nitrogens with one attached hydrogen (secondary N) is 1. The molecule has 0 unspecified atom stereocenters. The quantitative estimate of drug-likeness (QED) is 0.926. The van der Waals surface area contributed by atoms with Gasteiger partial charge in [-0.3, -0.25) is 0 Å². The minimum absolute atomic E-state index is 0.0445. The van der Waals surface area contributed by atoms with Crippen molar-refractivity contribution in [3.63, 3.8) is 0 Å². The molecule has 1 aromatic rings. The molecule has 1 fully saturated rings. The molecule has 0 bridgehead atoms. The minimum atomic E-state index is -0.177. The van der Waals surface area contributed by atoms with Gasteiger partial charge in [-0.1, -0.05) is 0 Å². The van der Waals surface area contributed by atoms with Crippen LogP contribution in [0.25, 0.3) is 0 Å². The number of hydrogen-bond acceptors (Lipinski definition) is 4. The lowest BCUT2D eigenvalue weighted by Gasteiger charge is -2.33. The lowest BCUT2D eigenvalue weighted by Crippen LogP contribution is -2.46. The Morgan fingerprint density at radius 3 is 2.65 bits per heavy atom. The molecule has 2 rings (SSSR count). The van der Waals surface area contributed by atoms with Crippen LogP contribution in [0, 0.1) is 0 Å². The van der Waals surface area contributed by atoms with Crippen LogP contribution in [0.15, 0.2) is 16.8 Å². The number of nitrogens with zero attached hydrogens (tertiary/aromatic N) is 1. The summed E-state index contributed by atoms with van der Waals surface area (Å²) in [5, 5.41) is 7.95. The fourth-order valence-electron chi connectivity index (χ4n) is 2.48. The van der Waals surface area contributed by atoms with Crippen molar-refractivity contribution >= 4 is 17.4 Å². The number of ether oxygens (including phenoxy) is 1. The van der Waals surface area contributed by atoms with Gasteiger partial charge in [-0.2, -0.15) is 11.3 Å². The largest absolute Gasteiger partial charge is 0.447 e. The van der Waals surface area contributed by atoms with E-state index in [0.717, 1.165) is 25.9 Å². The zero-order valence-electron chi connectivity index (χ0n) is 12.5. The summed E-state index contributed by atoms with van der Waals surface area (Å²) in [5.41, 5.74) is 1.34. The number of likely N-dealkylation sites (tertiary alicyclic amines) is 1. The number of thiophene rings is 1. The molecule has 1 atom stereocenters. The lowest BCUT2D eigenvalue weighted by molar-refractivity contribution is 0.0674. The van der Waals surface area contributed by atoms with Crippen LogP contribution in [0.5, 0.6) is 0 Å². The highest BCUT2D eigenvalue weighted by atomic mass is 32.1. The van der Waals surface area contributed by atoms with Crippen molar-refractivity contribution in [1.82, 2.24) is 10.2 Å². The number of carbonyl (C=O) groups excluding carboxylic acids is 1. The van der Waals surface area contributed by atoms with E-state index < -0.39 is 0 Å². The summed E-state index contributed by atoms with van der Waals surface area (Å²) in [4.78, 5) is 13.6. The molecule has 2 heterocycles. The van der Waals surface area contributed by atoms with E-state index in [1.807, 2.05) is 18.7 Å². The second kappa shape index (κ2) is 7.09. The third-order valence-corrected chi connectivity index (χ3v) is 4.32. The Morgan fingerprint density at radius 2 is 2.10 bits per heavy atom. The minimum Gasteiger partial charge on any atom is -0.447 e. The summed E-state index contributed by atoms with van der Waals surface area (Å²) in [6.45, 7) is 7.52. The number of hydrogen-bond donors (Lipinski definition) is 1. The Balaban J connectivity index is 1.75. The first-order chi connectivity index (χ1) is 9.56. The van der Waals surface area contributed by atoms with Crippen LogP contribution in [0.1, 0.15) is 45.2 Å². The van der Waals surface area contributed by atoms with Crippen LogP contribution in [0.4, 0.5) is 4.79 Å². The number of amides is 1. The van der Waals surface area contributed by atoms with Crippen molar-refractivity contribution in [1.29, 1.82) is 0 Å². The Labute approximate surface area is 125 Å². The molecule has 0 radical (unpaired) electrons. The van der Waals surface area contributed by atoms with Crippen molar-refractivity contribution in [2.45, 2.75) is 51.8 Å². The molecule has 1 N–H and O–H groups in total. The van der Waals surface area contributed by atoms with Crippen LogP contribution in [-0.2, 0) is 4.74 Å². The van der Waals surface area contributed by atoms with E-state index in [4.69, 9.17) is 4.74 Å². The molecule has 1 aliphatic rings. The fourth-order valence-corrected chi connectivity index (χ4v) is 3.23. The van der Waals surface area contributed by atoms with Gasteiger partial charge < -0.3 is 15.0 Å². The van der Waals surface area contributed by atoms with Gasteiger partial charge in [-0.25, -0.2) is 4.79 Å². The summed E-state index contributed by atoms with van der Waals surface area (Å²) in [6.07, 6.45) is 1.75. The van der Waals surface area contributed by atoms with Crippen LogP contribution < -0.4 is 5.32 Å². The third-order valence-electron chi connectivity index (χ3n) is 3.62. The van der Waals surface area contributed by atoms with Crippen molar-refractivity contribution in [2.24, 2.45) is 0 Å². The SMILES string of the molecule is CC(C)OC(=O)N1CCC(N[C@@H](C)c2ccsc2)CC1. The Bertz CT molecular complexity index is 412. The highest BCUT2D eigenvalue weighted by molar-refractivity contribution is 7.07. The number of carbonyl (C=O) groups is 1. The topological polar surface area (TPSA) is 41.6 Å². The third kappa shape index (κ3) is 4.21. The molecule has 1 amide bonds. The molecule has 5 heteroatoms. The lowest BCUT2D eigenvalue weighted by atomic mass is 10.0. The van der Waals surface area contributed by atoms with E-state index in [1.165, 1.54) is 5.56 Å². The predicted octanol–water partition coefficient (Wildman–Crippen LogP) is 3.41. The maximum Gasteiger partial charge on any atom is 0.410 e. The van der Waals surface area contributed by atoms with Crippen molar-refractivity contribution in [3.05, 3.63) is 22.4 Å². The van der Waals surface area contributed by atoms with Gasteiger partial charge in [-0.15, -0.1) is 0 Å². The Hall–Kier alpha value is -1.07. The molecule has 1 saturated heterocycles. The van der Waals surface area contributed by atoms with E-state index >= 15 is 0 Å². The summed E-state index contributed by atoms with van der Waals surface area (Å²) < 4.78 is 5.23. The van der Waals surface area contributed by atoms with Crippen molar-refractivity contribution < 1.29 is 9.53 Å². The first kappa shape index (κ1) is 15.3. The summed E-state index contributed by atoms with van der Waals surface area (Å²) in [7, 11) is 0. The first-order valence-electron chi connectivity index (χ1n) is 7.30. The van der Waals surface area contributed by atoms with Gasteiger partial charge >= 0.3 is 6.09 Å². The summed E-state index contributed by atoms with van der Waals surface area (Å²) >= 11 is 1.73. The molecule has 4 nitrogen and oxygen atoms in total. The van der Waals surface area contributed by atoms with Crippen molar-refractivity contribution in [3.8, 4) is 0 Å². The van der Waals surface area contributed by atoms with E-state index in [9.17, 15) is 4.79 Å². The highest BCUT2D eigenvalue weighted by Crippen LogP contribution is 2.19. The number of piperidine rings is 1. The van der Waals surface area contributed by atoms with Gasteiger partial charge in [0, 0.05) is 25.2 Å². The normalized spacial score (nSPS) is 18.3. The summed E-state index contributed by atoms with van der Waals surface area (Å²) in [5.74, 6) is 0. The zero-order valence-corrected chi connectivity index (χ0v) is 13.3. The van der Waals surface area contributed by atoms with Gasteiger partial charge in [0.2, 0.25) is 0 Å². The van der Waals surface area contributed by atoms with Gasteiger partial charge in [0.1, 0.15) is 0 Å². The molecular formula is C15H24N2O2S. The Kier molecular flexibility index (Phi) is 5.43. The average Bonchev–Trinajstić information content (AvgIpc) is 2.92. The van der Waals surface area contributed by atoms with E-state index in [1.54, 1.807) is 11.3 Å². The van der Waals surface area contributed by atoms with Crippen LogP contribution in [0.2, 0.25) is 0 Å². The molecule has 0 spiro atoms. The molecular weight excluding hydrogens is 272 g/mol. The molecule has 0 saturated carbocycles. The second-order valence-electron chi connectivity index (χ2n) is 5.64. The zero-order chi connectivity index (χ0) is 14.5. The molecule has 20 heavy (non-hydrogen) atoms. The average molecular weight is 296 g/mol. The van der Waals surface area contributed by atoms with Crippen LogP contribution >= 0.6 is 11.3 Å². The number of rotatable bonds is 4. The molecule has 0 aromatic carbocycles. The first-order valence-corrected chi connectivity index (χ1v) is 8.24. The summed E-state index contributed by atoms with van der Waals surface area (Å²) in [6, 6.07) is 3.02. The molecule has 0 aliphatic carbocycles. The van der Waals surface area contributed by atoms with Gasteiger partial charge in [0.05, 0.1) is 6.10 Å². The maximum atomic E-state index is 11.8. The Morgan fingerprint density at radius 1 is 1.40 bits per heavy atom. The molecule has 1 aromatic heterocycles. The van der Waals surface area contributed by atoms with Crippen LogP contribution in [-0.4, -0.2) is 36.2 Å². The smallest absolute Gasteiger partial charge is 0.410 e. The van der Waals surface area contributed by atoms with E-state index in [-0.39, 0.29) is 12.2 Å². The van der Waals surface area contributed by atoms with Gasteiger partial charge in [0.25, 0.3) is 0 Å². The van der Waals surface area contributed by atoms with Gasteiger partial charge in [-0.05, 0) is 56.0 Å². The van der Waals surface area contributed by atoms with Crippen molar-refractivity contribution in [2.75, 3.05) is 13.1 Å². The molecule has 1 aliphatic heterocycles. The molecule has 112 valence electrons. The van der Waals surface area contributed by atoms with E-state index in [2.05, 4.69) is 29.1 Å². The monoisotopic (exact) mass is 296 g/mol. The predicted molar refractivity (Wildman–Crippen MR) is 82.1 cm³/mol. The highest BCUT2D eigenvalue weighted by Gasteiger charge is 2.25. The fraction of sp³-hybridized carbons (Fsp3) is 0.667. The van der Waals surface area contributed by atoms with Crippen LogP contribution in [0.3, 0.4) is 0 Å². The van der Waals surface area contributed by atoms with E-state index in [0.29, 0.717) is 12.1 Å².